The number of aryl methyl sites for hydroxylation is 4. The van der Waals surface area contributed by atoms with Gasteiger partial charge in [-0.25, -0.2) is 4.70 Å². The van der Waals surface area contributed by atoms with E-state index in [1.807, 2.05) is 0 Å². The van der Waals surface area contributed by atoms with Crippen LogP contribution in [0.15, 0.2) is 35.4 Å². The van der Waals surface area contributed by atoms with Crippen LogP contribution in [-0.2, 0) is 58.9 Å². The Kier molecular flexibility index (Phi) is 68.9. The van der Waals surface area contributed by atoms with Gasteiger partial charge in [0.05, 0.1) is 0 Å². The second-order valence-electron chi connectivity index (χ2n) is 30.2. The van der Waals surface area contributed by atoms with Crippen molar-refractivity contribution >= 4 is 11.4 Å². The fourth-order valence-electron chi connectivity index (χ4n) is 15.1. The Morgan fingerprint density at radius 1 is 0.250 bits per heavy atom. The third-order valence-electron chi connectivity index (χ3n) is 21.1. The number of rotatable bonds is 65. The summed E-state index contributed by atoms with van der Waals surface area (Å²) in [6.07, 6.45) is 88.2. The first kappa shape index (κ1) is 94.2. The third kappa shape index (κ3) is 46.6. The van der Waals surface area contributed by atoms with Crippen LogP contribution in [0.4, 0.5) is 0 Å². The number of nitrogens with zero attached hydrogens (tertiary/aromatic N) is 2. The van der Waals surface area contributed by atoms with Gasteiger partial charge in [0.1, 0.15) is 0 Å². The fourth-order valence-corrected chi connectivity index (χ4v) is 15.1. The smallest absolute Gasteiger partial charge is 0.493 e. The Bertz CT molecular complexity index is 1960. The summed E-state index contributed by atoms with van der Waals surface area (Å²) in [7, 11) is 0. The molecule has 96 heavy (non-hydrogen) atoms. The number of unbranched alkanes of at least 4 members (excludes halogenated alkanes) is 49. The molecule has 0 aromatic heterocycles. The van der Waals surface area contributed by atoms with Gasteiger partial charge >= 0.3 is 20.4 Å². The van der Waals surface area contributed by atoms with Gasteiger partial charge in [-0.05, 0) is 135 Å². The molecule has 2 aromatic carbocycles. The van der Waals surface area contributed by atoms with E-state index in [1.54, 1.807) is 27.0 Å². The summed E-state index contributed by atoms with van der Waals surface area (Å²) >= 11 is 0. The number of benzene rings is 2. The molecule has 0 radical (unpaired) electrons. The average molecular weight is 1420 g/mol. The second-order valence-corrected chi connectivity index (χ2v) is 30.2. The van der Waals surface area contributed by atoms with Gasteiger partial charge < -0.3 is 19.4 Å². The summed E-state index contributed by atoms with van der Waals surface area (Å²) in [6, 6.07) is 9.90. The van der Waals surface area contributed by atoms with E-state index in [0.717, 1.165) is 75.6 Å². The van der Waals surface area contributed by atoms with Crippen molar-refractivity contribution in [2.24, 2.45) is 0 Å². The SMILES string of the molecule is CCCCCCC1=C(c2cc(CCCCC)c(CCCCC)c(CCCCC)c2)[N+](=[N-])C(c2cc(CCC)c(CCC)c(CCC)c2)=C1C.[CH2-]CCCCCCCCCCCCCCCCCCCCCC.[CH2-]CCCCCCCCCCCCCCCCCCCCCC.[Pd+2]. The van der Waals surface area contributed by atoms with Gasteiger partial charge in [0.15, 0.2) is 0 Å². The summed E-state index contributed by atoms with van der Waals surface area (Å²) in [6.45, 7) is 30.9. The van der Waals surface area contributed by atoms with E-state index in [1.165, 1.54) is 387 Å². The molecule has 0 unspecified atom stereocenters. The van der Waals surface area contributed by atoms with Crippen LogP contribution in [0.1, 0.15) is 493 Å². The zero-order chi connectivity index (χ0) is 69.3. The molecule has 2 nitrogen and oxygen atoms in total. The monoisotopic (exact) mass is 1420 g/mol. The van der Waals surface area contributed by atoms with Gasteiger partial charge in [-0.15, -0.1) is 0 Å². The maximum absolute atomic E-state index is 12.5. The van der Waals surface area contributed by atoms with Gasteiger partial charge in [0, 0.05) is 22.3 Å². The van der Waals surface area contributed by atoms with Crippen molar-refractivity contribution in [2.45, 2.75) is 487 Å². The number of hydrogen-bond acceptors (Lipinski definition) is 0. The molecule has 3 heteroatoms. The Morgan fingerprint density at radius 2 is 0.469 bits per heavy atom. The average Bonchev–Trinajstić information content (AvgIpc) is 1.59. The first-order valence-corrected chi connectivity index (χ1v) is 43.5. The van der Waals surface area contributed by atoms with Crippen LogP contribution >= 0.6 is 0 Å². The van der Waals surface area contributed by atoms with Gasteiger partial charge in [-0.2, -0.15) is 12.8 Å². The minimum absolute atomic E-state index is 0. The first-order valence-electron chi connectivity index (χ1n) is 43.5. The molecule has 0 aliphatic carbocycles. The van der Waals surface area contributed by atoms with E-state index >= 15 is 0 Å². The van der Waals surface area contributed by atoms with Crippen LogP contribution in [0.25, 0.3) is 16.9 Å². The second kappa shape index (κ2) is 70.2. The molecule has 0 fully saturated rings. The molecule has 560 valence electrons. The molecular formula is C93H168N2Pd. The minimum Gasteiger partial charge on any atom is -0.493 e. The van der Waals surface area contributed by atoms with Crippen LogP contribution in [-0.4, -0.2) is 4.70 Å². The van der Waals surface area contributed by atoms with E-state index in [9.17, 15) is 5.53 Å². The maximum atomic E-state index is 12.5. The maximum Gasteiger partial charge on any atom is 2.00 e. The zero-order valence-electron chi connectivity index (χ0n) is 66.9. The normalized spacial score (nSPS) is 12.2. The van der Waals surface area contributed by atoms with Crippen molar-refractivity contribution in [2.75, 3.05) is 0 Å². The summed E-state index contributed by atoms with van der Waals surface area (Å²) in [5, 5.41) is 0. The van der Waals surface area contributed by atoms with Crippen LogP contribution in [0.5, 0.6) is 0 Å². The largest absolute Gasteiger partial charge is 2.00 e. The molecule has 2 aromatic rings. The first-order chi connectivity index (χ1) is 46.7. The van der Waals surface area contributed by atoms with Crippen LogP contribution < -0.4 is 0 Å². The van der Waals surface area contributed by atoms with E-state index in [4.69, 9.17) is 0 Å². The number of allylic oxidation sites excluding steroid dienone is 2. The van der Waals surface area contributed by atoms with E-state index < -0.39 is 0 Å². The fraction of sp³-hybridized carbons (Fsp3) is 0.806. The topological polar surface area (TPSA) is 25.3 Å². The van der Waals surface area contributed by atoms with Crippen LogP contribution in [0, 0.1) is 13.8 Å². The third-order valence-corrected chi connectivity index (χ3v) is 21.1. The Labute approximate surface area is 618 Å². The van der Waals surface area contributed by atoms with Crippen molar-refractivity contribution in [1.82, 2.24) is 0 Å². The van der Waals surface area contributed by atoms with Crippen LogP contribution in [0.3, 0.4) is 0 Å². The molecule has 0 saturated carbocycles. The molecule has 1 aliphatic heterocycles. The number of hydrogen-bond donors (Lipinski definition) is 0. The van der Waals surface area contributed by atoms with Crippen molar-refractivity contribution in [3.63, 3.8) is 0 Å². The summed E-state index contributed by atoms with van der Waals surface area (Å²) in [5.74, 6) is 0. The molecule has 0 spiro atoms. The molecule has 3 rings (SSSR count). The van der Waals surface area contributed by atoms with E-state index in [-0.39, 0.29) is 20.4 Å². The van der Waals surface area contributed by atoms with Crippen molar-refractivity contribution in [3.05, 3.63) is 99.3 Å². The summed E-state index contributed by atoms with van der Waals surface area (Å²) in [5.41, 5.74) is 28.9. The predicted molar refractivity (Wildman–Crippen MR) is 432 cm³/mol. The van der Waals surface area contributed by atoms with Crippen LogP contribution in [0.2, 0.25) is 0 Å². The quantitative estimate of drug-likeness (QED) is 0.0273. The molecule has 0 amide bonds. The van der Waals surface area contributed by atoms with Gasteiger partial charge in [0.2, 0.25) is 11.4 Å². The molecule has 0 N–H and O–H groups in total. The molecule has 1 heterocycles. The Hall–Kier alpha value is -1.82. The van der Waals surface area contributed by atoms with Gasteiger partial charge in [-0.1, -0.05) is 396 Å². The van der Waals surface area contributed by atoms with E-state index in [2.05, 4.69) is 107 Å². The summed E-state index contributed by atoms with van der Waals surface area (Å²) < 4.78 is 1.64. The Balaban J connectivity index is 0.00000160. The molecule has 0 bridgehead atoms. The molecule has 0 saturated heterocycles. The molecular weight excluding hydrogens is 1250 g/mol. The van der Waals surface area contributed by atoms with Gasteiger partial charge in [0.25, 0.3) is 0 Å². The summed E-state index contributed by atoms with van der Waals surface area (Å²) in [4.78, 5) is 0. The zero-order valence-corrected chi connectivity index (χ0v) is 68.5. The molecule has 1 aliphatic rings. The van der Waals surface area contributed by atoms with E-state index in [0.29, 0.717) is 0 Å². The standard InChI is InChI=1S/C47H74N2.2C23H47.Pd/c1-9-16-20-24-30-43-36(8)46(41-32-37(25-13-5)44(27-15-7)38(33-41)26-14-6)49(48)47(43)42-34-39(28-21-17-10-2)45(31-23-19-12-4)40(35-42)29-22-18-11-3;2*1-3-5-7-9-11-13-15-17-19-21-23-22-20-18-16-14-12-10-8-6-4-2;/h32-35H,9-31H2,1-8H3;2*1,3-23H2,2H3;/q;2*-1;+2. The minimum atomic E-state index is 0. The van der Waals surface area contributed by atoms with Gasteiger partial charge in [-0.3, -0.25) is 0 Å². The molecule has 0 atom stereocenters. The van der Waals surface area contributed by atoms with Crippen molar-refractivity contribution in [1.29, 1.82) is 0 Å². The van der Waals surface area contributed by atoms with Crippen molar-refractivity contribution in [3.8, 4) is 0 Å². The Morgan fingerprint density at radius 3 is 0.750 bits per heavy atom. The predicted octanol–water partition coefficient (Wildman–Crippen LogP) is 33.0. The van der Waals surface area contributed by atoms with Crippen molar-refractivity contribution < 1.29 is 25.1 Å².